The summed E-state index contributed by atoms with van der Waals surface area (Å²) in [5.41, 5.74) is 8.39. The number of anilines is 1. The first-order chi connectivity index (χ1) is 13.8. The van der Waals surface area contributed by atoms with Crippen LogP contribution in [0.25, 0.3) is 0 Å². The summed E-state index contributed by atoms with van der Waals surface area (Å²) in [6.07, 6.45) is -0.0190. The molecule has 0 heterocycles. The van der Waals surface area contributed by atoms with Gasteiger partial charge in [-0.1, -0.05) is 11.2 Å². The summed E-state index contributed by atoms with van der Waals surface area (Å²) in [5, 5.41) is 24.8. The number of amidine groups is 1. The van der Waals surface area contributed by atoms with Gasteiger partial charge in [-0.3, -0.25) is 4.79 Å². The lowest BCUT2D eigenvalue weighted by molar-refractivity contribution is -0.141. The number of rotatable bonds is 9. The van der Waals surface area contributed by atoms with Crippen molar-refractivity contribution in [3.8, 4) is 5.75 Å². The van der Waals surface area contributed by atoms with Gasteiger partial charge in [0.15, 0.2) is 5.84 Å². The van der Waals surface area contributed by atoms with Crippen LogP contribution < -0.4 is 15.8 Å². The largest absolute Gasteiger partial charge is 0.491 e. The number of hydrogen-bond acceptors (Lipinski definition) is 7. The minimum Gasteiger partial charge on any atom is -0.491 e. The summed E-state index contributed by atoms with van der Waals surface area (Å²) < 4.78 is 10.9. The van der Waals surface area contributed by atoms with E-state index in [0.717, 1.165) is 11.3 Å². The summed E-state index contributed by atoms with van der Waals surface area (Å²) in [6.45, 7) is 5.11. The Morgan fingerprint density at radius 1 is 1.21 bits per heavy atom. The second kappa shape index (κ2) is 10.3. The minimum absolute atomic E-state index is 0.0151. The van der Waals surface area contributed by atoms with Gasteiger partial charge in [0, 0.05) is 23.7 Å². The molecule has 0 aromatic heterocycles. The van der Waals surface area contributed by atoms with Crippen LogP contribution in [0.4, 0.5) is 5.69 Å². The molecule has 0 amide bonds. The van der Waals surface area contributed by atoms with Crippen LogP contribution in [-0.4, -0.2) is 34.8 Å². The molecule has 0 saturated carbocycles. The molecule has 2 aromatic rings. The van der Waals surface area contributed by atoms with E-state index in [1.807, 2.05) is 26.0 Å². The third kappa shape index (κ3) is 6.39. The number of hydrogen-bond donors (Lipinski definition) is 4. The number of benzene rings is 2. The Labute approximate surface area is 169 Å². The summed E-state index contributed by atoms with van der Waals surface area (Å²) in [5.74, 6) is 0.239. The van der Waals surface area contributed by atoms with Gasteiger partial charge in [0.05, 0.1) is 18.8 Å². The first-order valence-corrected chi connectivity index (χ1v) is 9.22. The molecule has 0 saturated heterocycles. The molecule has 0 fully saturated rings. The molecular formula is C21H27N3O5. The zero-order valence-electron chi connectivity index (χ0n) is 16.8. The van der Waals surface area contributed by atoms with Gasteiger partial charge in [0.1, 0.15) is 12.4 Å². The molecule has 0 bridgehead atoms. The lowest BCUT2D eigenvalue weighted by atomic mass is 10.0. The Balaban J connectivity index is 2.29. The van der Waals surface area contributed by atoms with Crippen LogP contribution in [0.15, 0.2) is 47.6 Å². The third-order valence-electron chi connectivity index (χ3n) is 4.10. The molecule has 1 unspecified atom stereocenters. The summed E-state index contributed by atoms with van der Waals surface area (Å²) >= 11 is 0. The van der Waals surface area contributed by atoms with Gasteiger partial charge < -0.3 is 30.8 Å². The number of nitrogens with one attached hydrogen (secondary N) is 1. The SMILES string of the molecule is CC(=O)OCC(Nc1ccc(C(N)=NO)cc1)c1ccc(OC(C)C)c(CO)c1. The topological polar surface area (TPSA) is 126 Å². The average Bonchev–Trinajstić information content (AvgIpc) is 2.70. The first kappa shape index (κ1) is 22.0. The molecule has 2 aromatic carbocycles. The van der Waals surface area contributed by atoms with Gasteiger partial charge in [-0.15, -0.1) is 0 Å². The molecule has 2 rings (SSSR count). The summed E-state index contributed by atoms with van der Waals surface area (Å²) in [7, 11) is 0. The van der Waals surface area contributed by atoms with Crippen molar-refractivity contribution in [2.45, 2.75) is 39.5 Å². The second-order valence-corrected chi connectivity index (χ2v) is 6.75. The second-order valence-electron chi connectivity index (χ2n) is 6.75. The molecule has 0 spiro atoms. The van der Waals surface area contributed by atoms with Crippen LogP contribution in [0, 0.1) is 0 Å². The fraction of sp³-hybridized carbons (Fsp3) is 0.333. The van der Waals surface area contributed by atoms with Crippen LogP contribution in [-0.2, 0) is 16.1 Å². The van der Waals surface area contributed by atoms with Gasteiger partial charge >= 0.3 is 5.97 Å². The van der Waals surface area contributed by atoms with Crippen molar-refractivity contribution in [1.29, 1.82) is 0 Å². The normalized spacial score (nSPS) is 12.5. The molecule has 156 valence electrons. The van der Waals surface area contributed by atoms with Crippen LogP contribution in [0.1, 0.15) is 43.5 Å². The van der Waals surface area contributed by atoms with Crippen molar-refractivity contribution < 1.29 is 24.6 Å². The van der Waals surface area contributed by atoms with E-state index < -0.39 is 0 Å². The first-order valence-electron chi connectivity index (χ1n) is 9.22. The van der Waals surface area contributed by atoms with Gasteiger partial charge in [-0.2, -0.15) is 0 Å². The number of nitrogens with two attached hydrogens (primary N) is 1. The summed E-state index contributed by atoms with van der Waals surface area (Å²) in [4.78, 5) is 11.3. The number of oxime groups is 1. The van der Waals surface area contributed by atoms with Crippen molar-refractivity contribution >= 4 is 17.5 Å². The minimum atomic E-state index is -0.388. The Kier molecular flexibility index (Phi) is 7.85. The highest BCUT2D eigenvalue weighted by atomic mass is 16.5. The molecule has 1 atom stereocenters. The predicted octanol–water partition coefficient (Wildman–Crippen LogP) is 2.78. The molecule has 0 radical (unpaired) electrons. The molecule has 0 aliphatic rings. The summed E-state index contributed by atoms with van der Waals surface area (Å²) in [6, 6.07) is 12.1. The Morgan fingerprint density at radius 2 is 1.90 bits per heavy atom. The van der Waals surface area contributed by atoms with E-state index in [9.17, 15) is 9.90 Å². The van der Waals surface area contributed by atoms with E-state index in [4.69, 9.17) is 20.4 Å². The monoisotopic (exact) mass is 401 g/mol. The lowest BCUT2D eigenvalue weighted by Gasteiger charge is -2.22. The third-order valence-corrected chi connectivity index (χ3v) is 4.10. The molecule has 0 aliphatic carbocycles. The van der Waals surface area contributed by atoms with Crippen molar-refractivity contribution in [1.82, 2.24) is 0 Å². The molecule has 29 heavy (non-hydrogen) atoms. The highest BCUT2D eigenvalue weighted by Crippen LogP contribution is 2.27. The quantitative estimate of drug-likeness (QED) is 0.167. The van der Waals surface area contributed by atoms with E-state index in [1.165, 1.54) is 6.92 Å². The van der Waals surface area contributed by atoms with E-state index in [2.05, 4.69) is 10.5 Å². The highest BCUT2D eigenvalue weighted by molar-refractivity contribution is 5.97. The van der Waals surface area contributed by atoms with E-state index in [1.54, 1.807) is 30.3 Å². The molecule has 8 nitrogen and oxygen atoms in total. The smallest absolute Gasteiger partial charge is 0.302 e. The fourth-order valence-electron chi connectivity index (χ4n) is 2.73. The number of carbonyl (C=O) groups is 1. The Hall–Kier alpha value is -3.26. The predicted molar refractivity (Wildman–Crippen MR) is 110 cm³/mol. The van der Waals surface area contributed by atoms with Gasteiger partial charge in [-0.25, -0.2) is 0 Å². The van der Waals surface area contributed by atoms with Crippen molar-refractivity contribution in [3.05, 3.63) is 59.2 Å². The molecule has 8 heteroatoms. The standard InChI is InChI=1S/C21H27N3O5/c1-13(2)29-20-9-6-16(10-17(20)11-25)19(12-28-14(3)26)23-18-7-4-15(5-8-18)21(22)24-27/h4-10,13,19,23,25,27H,11-12H2,1-3H3,(H2,22,24). The number of aliphatic hydroxyl groups excluding tert-OH is 1. The maximum atomic E-state index is 11.3. The number of aliphatic hydroxyl groups is 1. The van der Waals surface area contributed by atoms with Crippen molar-refractivity contribution in [3.63, 3.8) is 0 Å². The molecule has 0 aliphatic heterocycles. The van der Waals surface area contributed by atoms with Crippen LogP contribution in [0.2, 0.25) is 0 Å². The maximum absolute atomic E-state index is 11.3. The number of carbonyl (C=O) groups excluding carboxylic acids is 1. The van der Waals surface area contributed by atoms with E-state index in [0.29, 0.717) is 16.9 Å². The van der Waals surface area contributed by atoms with Crippen LogP contribution in [0.3, 0.4) is 0 Å². The van der Waals surface area contributed by atoms with Crippen LogP contribution in [0.5, 0.6) is 5.75 Å². The highest BCUT2D eigenvalue weighted by Gasteiger charge is 2.16. The number of ether oxygens (including phenoxy) is 2. The zero-order chi connectivity index (χ0) is 21.4. The van der Waals surface area contributed by atoms with Gasteiger partial charge in [-0.05, 0) is 55.8 Å². The van der Waals surface area contributed by atoms with Crippen molar-refractivity contribution in [2.75, 3.05) is 11.9 Å². The molecule has 5 N–H and O–H groups in total. The number of esters is 1. The molecular weight excluding hydrogens is 374 g/mol. The van der Waals surface area contributed by atoms with Gasteiger partial charge in [0.25, 0.3) is 0 Å². The fourth-order valence-corrected chi connectivity index (χ4v) is 2.73. The van der Waals surface area contributed by atoms with E-state index >= 15 is 0 Å². The van der Waals surface area contributed by atoms with Gasteiger partial charge in [0.2, 0.25) is 0 Å². The maximum Gasteiger partial charge on any atom is 0.302 e. The van der Waals surface area contributed by atoms with Crippen LogP contribution >= 0.6 is 0 Å². The van der Waals surface area contributed by atoms with E-state index in [-0.39, 0.29) is 37.2 Å². The lowest BCUT2D eigenvalue weighted by Crippen LogP contribution is -2.19. The Morgan fingerprint density at radius 3 is 2.45 bits per heavy atom. The average molecular weight is 401 g/mol. The number of nitrogens with zero attached hydrogens (tertiary/aromatic N) is 1. The zero-order valence-corrected chi connectivity index (χ0v) is 16.8. The Bertz CT molecular complexity index is 850. The van der Waals surface area contributed by atoms with Crippen molar-refractivity contribution in [2.24, 2.45) is 10.9 Å².